The third-order valence-electron chi connectivity index (χ3n) is 1.11. The Kier molecular flexibility index (Phi) is 3.59. The second-order valence-corrected chi connectivity index (χ2v) is 2.16. The molecule has 0 aliphatic rings. The van der Waals surface area contributed by atoms with E-state index in [4.69, 9.17) is 11.5 Å². The van der Waals surface area contributed by atoms with Crippen LogP contribution in [0.2, 0.25) is 0 Å². The minimum Gasteiger partial charge on any atom is -0.403 e. The molecular formula is C6H10F3N3. The van der Waals surface area contributed by atoms with Crippen molar-refractivity contribution in [2.24, 2.45) is 16.5 Å². The molecule has 0 aliphatic carbocycles. The molecule has 1 unspecified atom stereocenters. The Balaban J connectivity index is 4.18. The van der Waals surface area contributed by atoms with Gasteiger partial charge < -0.3 is 11.5 Å². The summed E-state index contributed by atoms with van der Waals surface area (Å²) < 4.78 is 35.4. The first-order valence-corrected chi connectivity index (χ1v) is 3.15. The van der Waals surface area contributed by atoms with Crippen molar-refractivity contribution in [1.82, 2.24) is 0 Å². The highest BCUT2D eigenvalue weighted by atomic mass is 19.4. The summed E-state index contributed by atoms with van der Waals surface area (Å²) in [6.45, 7) is 0.931. The molecule has 0 heterocycles. The van der Waals surface area contributed by atoms with Gasteiger partial charge in [0, 0.05) is 12.4 Å². The van der Waals surface area contributed by atoms with E-state index < -0.39 is 12.2 Å². The first-order chi connectivity index (χ1) is 5.38. The topological polar surface area (TPSA) is 64.4 Å². The fourth-order valence-electron chi connectivity index (χ4n) is 0.325. The zero-order valence-electron chi connectivity index (χ0n) is 6.47. The van der Waals surface area contributed by atoms with E-state index in [-0.39, 0.29) is 5.70 Å². The van der Waals surface area contributed by atoms with Crippen LogP contribution in [0.15, 0.2) is 16.9 Å². The highest BCUT2D eigenvalue weighted by molar-refractivity contribution is 5.77. The standard InChI is InChI=1S/C6H10F3N3/c1-4(6(7,8)9)12-3-5(11)2-10/h2-4H,10-11H2,1H3. The van der Waals surface area contributed by atoms with Gasteiger partial charge in [-0.2, -0.15) is 13.2 Å². The molecule has 0 radical (unpaired) electrons. The second-order valence-electron chi connectivity index (χ2n) is 2.16. The largest absolute Gasteiger partial charge is 0.410 e. The van der Waals surface area contributed by atoms with Crippen molar-refractivity contribution < 1.29 is 13.2 Å². The van der Waals surface area contributed by atoms with E-state index in [9.17, 15) is 13.2 Å². The van der Waals surface area contributed by atoms with Crippen LogP contribution in [-0.4, -0.2) is 18.4 Å². The summed E-state index contributed by atoms with van der Waals surface area (Å²) in [5.41, 5.74) is 10.00. The minimum absolute atomic E-state index is 0.00565. The number of hydrogen-bond acceptors (Lipinski definition) is 3. The summed E-state index contributed by atoms with van der Waals surface area (Å²) in [4.78, 5) is 3.14. The third-order valence-corrected chi connectivity index (χ3v) is 1.11. The summed E-state index contributed by atoms with van der Waals surface area (Å²) in [7, 11) is 0. The molecule has 0 saturated heterocycles. The molecule has 0 spiro atoms. The fraction of sp³-hybridized carbons (Fsp3) is 0.500. The molecule has 0 aromatic carbocycles. The molecule has 12 heavy (non-hydrogen) atoms. The maximum Gasteiger partial charge on any atom is 0.410 e. The lowest BCUT2D eigenvalue weighted by Crippen LogP contribution is -2.24. The molecule has 0 rings (SSSR count). The minimum atomic E-state index is -4.33. The first-order valence-electron chi connectivity index (χ1n) is 3.15. The van der Waals surface area contributed by atoms with Crippen LogP contribution >= 0.6 is 0 Å². The predicted octanol–water partition coefficient (Wildman–Crippen LogP) is 0.767. The van der Waals surface area contributed by atoms with Crippen LogP contribution in [0.4, 0.5) is 13.2 Å². The van der Waals surface area contributed by atoms with Crippen molar-refractivity contribution in [3.05, 3.63) is 11.9 Å². The molecule has 0 amide bonds. The van der Waals surface area contributed by atoms with Crippen LogP contribution in [0.25, 0.3) is 0 Å². The number of halogens is 3. The average molecular weight is 181 g/mol. The van der Waals surface area contributed by atoms with Crippen LogP contribution in [0, 0.1) is 0 Å². The van der Waals surface area contributed by atoms with Gasteiger partial charge in [0.2, 0.25) is 0 Å². The monoisotopic (exact) mass is 181 g/mol. The van der Waals surface area contributed by atoms with Gasteiger partial charge in [-0.15, -0.1) is 0 Å². The molecule has 0 aromatic rings. The molecule has 0 saturated carbocycles. The van der Waals surface area contributed by atoms with Gasteiger partial charge in [0.1, 0.15) is 6.04 Å². The van der Waals surface area contributed by atoms with Gasteiger partial charge in [0.05, 0.1) is 5.70 Å². The van der Waals surface area contributed by atoms with Gasteiger partial charge in [0.15, 0.2) is 0 Å². The predicted molar refractivity (Wildman–Crippen MR) is 40.5 cm³/mol. The number of rotatable bonds is 2. The Morgan fingerprint density at radius 2 is 2.00 bits per heavy atom. The molecule has 4 N–H and O–H groups in total. The molecule has 3 nitrogen and oxygen atoms in total. The first kappa shape index (κ1) is 10.8. The van der Waals surface area contributed by atoms with Crippen molar-refractivity contribution in [2.75, 3.05) is 0 Å². The number of nitrogens with zero attached hydrogens (tertiary/aromatic N) is 1. The van der Waals surface area contributed by atoms with E-state index >= 15 is 0 Å². The summed E-state index contributed by atoms with van der Waals surface area (Å²) in [5.74, 6) is 0. The Morgan fingerprint density at radius 3 is 2.33 bits per heavy atom. The van der Waals surface area contributed by atoms with E-state index in [1.54, 1.807) is 0 Å². The Hall–Kier alpha value is -1.20. The highest BCUT2D eigenvalue weighted by Gasteiger charge is 2.35. The average Bonchev–Trinajstić information content (AvgIpc) is 1.97. The van der Waals surface area contributed by atoms with Crippen LogP contribution in [0.1, 0.15) is 6.92 Å². The number of nitrogens with two attached hydrogens (primary N) is 2. The van der Waals surface area contributed by atoms with Gasteiger partial charge in [-0.05, 0) is 6.92 Å². The molecule has 70 valence electrons. The number of hydrogen-bond donors (Lipinski definition) is 2. The quantitative estimate of drug-likeness (QED) is 0.618. The Labute approximate surface area is 67.9 Å². The maximum absolute atomic E-state index is 11.8. The van der Waals surface area contributed by atoms with E-state index in [0.29, 0.717) is 0 Å². The summed E-state index contributed by atoms with van der Waals surface area (Å²) in [6, 6.07) is -1.75. The molecule has 0 aliphatic heterocycles. The van der Waals surface area contributed by atoms with Crippen molar-refractivity contribution >= 4 is 6.21 Å². The van der Waals surface area contributed by atoms with E-state index in [2.05, 4.69) is 4.99 Å². The zero-order valence-corrected chi connectivity index (χ0v) is 6.47. The molecular weight excluding hydrogens is 171 g/mol. The van der Waals surface area contributed by atoms with Gasteiger partial charge in [-0.3, -0.25) is 4.99 Å². The van der Waals surface area contributed by atoms with Crippen LogP contribution in [0.3, 0.4) is 0 Å². The van der Waals surface area contributed by atoms with E-state index in [0.717, 1.165) is 19.3 Å². The second kappa shape index (κ2) is 3.99. The number of allylic oxidation sites excluding steroid dienone is 1. The van der Waals surface area contributed by atoms with Gasteiger partial charge in [0.25, 0.3) is 0 Å². The van der Waals surface area contributed by atoms with Crippen molar-refractivity contribution in [1.29, 1.82) is 0 Å². The Bertz CT molecular complexity index is 195. The SMILES string of the molecule is CC(N=CC(N)=CN)C(F)(F)F. The zero-order chi connectivity index (χ0) is 9.78. The van der Waals surface area contributed by atoms with Crippen molar-refractivity contribution in [3.63, 3.8) is 0 Å². The number of aliphatic imine (C=N–C) groups is 1. The van der Waals surface area contributed by atoms with E-state index in [1.807, 2.05) is 0 Å². The van der Waals surface area contributed by atoms with Crippen LogP contribution in [-0.2, 0) is 0 Å². The molecule has 0 bridgehead atoms. The van der Waals surface area contributed by atoms with Gasteiger partial charge in [-0.1, -0.05) is 0 Å². The molecule has 0 aromatic heterocycles. The van der Waals surface area contributed by atoms with E-state index in [1.165, 1.54) is 0 Å². The Morgan fingerprint density at radius 1 is 1.50 bits per heavy atom. The molecule has 6 heteroatoms. The summed E-state index contributed by atoms with van der Waals surface area (Å²) in [5, 5.41) is 0. The lowest BCUT2D eigenvalue weighted by atomic mass is 10.3. The van der Waals surface area contributed by atoms with Crippen LogP contribution in [0.5, 0.6) is 0 Å². The summed E-state index contributed by atoms with van der Waals surface area (Å²) >= 11 is 0. The lowest BCUT2D eigenvalue weighted by molar-refractivity contribution is -0.142. The highest BCUT2D eigenvalue weighted by Crippen LogP contribution is 2.21. The summed E-state index contributed by atoms with van der Waals surface area (Å²) in [6.07, 6.45) is -2.46. The normalized spacial score (nSPS) is 16.8. The van der Waals surface area contributed by atoms with Crippen LogP contribution < -0.4 is 11.5 Å². The van der Waals surface area contributed by atoms with Gasteiger partial charge >= 0.3 is 6.18 Å². The molecule has 1 atom stereocenters. The number of alkyl halides is 3. The smallest absolute Gasteiger partial charge is 0.403 e. The fourth-order valence-corrected chi connectivity index (χ4v) is 0.325. The third kappa shape index (κ3) is 3.85. The van der Waals surface area contributed by atoms with Gasteiger partial charge in [-0.25, -0.2) is 0 Å². The van der Waals surface area contributed by atoms with Crippen molar-refractivity contribution in [3.8, 4) is 0 Å². The van der Waals surface area contributed by atoms with Crippen molar-refractivity contribution in [2.45, 2.75) is 19.1 Å². The molecule has 0 fully saturated rings. The maximum atomic E-state index is 11.8. The lowest BCUT2D eigenvalue weighted by Gasteiger charge is -2.09.